The number of aliphatic imine (C=N–C) groups is 1. The van der Waals surface area contributed by atoms with Crippen molar-refractivity contribution in [3.8, 4) is 0 Å². The second-order valence-electron chi connectivity index (χ2n) is 6.81. The molecule has 3 amide bonds. The van der Waals surface area contributed by atoms with Gasteiger partial charge in [-0.2, -0.15) is 0 Å². The van der Waals surface area contributed by atoms with Crippen molar-refractivity contribution >= 4 is 17.9 Å². The normalized spacial score (nSPS) is 23.7. The van der Waals surface area contributed by atoms with Gasteiger partial charge in [-0.15, -0.1) is 0 Å². The van der Waals surface area contributed by atoms with Crippen molar-refractivity contribution in [2.24, 2.45) is 4.99 Å². The summed E-state index contributed by atoms with van der Waals surface area (Å²) < 4.78 is 0. The van der Waals surface area contributed by atoms with Gasteiger partial charge in [-0.3, -0.25) is 14.7 Å². The van der Waals surface area contributed by atoms with E-state index in [4.69, 9.17) is 0 Å². The summed E-state index contributed by atoms with van der Waals surface area (Å²) in [6.07, 6.45) is 4.54. The number of nitrogens with one attached hydrogen (secondary N) is 3. The average Bonchev–Trinajstić information content (AvgIpc) is 3.00. The van der Waals surface area contributed by atoms with Crippen LogP contribution < -0.4 is 16.0 Å². The largest absolute Gasteiger partial charge is 0.355 e. The van der Waals surface area contributed by atoms with Crippen molar-refractivity contribution in [1.29, 1.82) is 0 Å². The quantitative estimate of drug-likeness (QED) is 0.423. The first-order chi connectivity index (χ1) is 12.7. The van der Waals surface area contributed by atoms with Gasteiger partial charge in [0.05, 0.1) is 6.54 Å². The van der Waals surface area contributed by atoms with Crippen LogP contribution in [0.4, 0.5) is 4.79 Å². The molecule has 1 saturated carbocycles. The Morgan fingerprint density at radius 3 is 2.54 bits per heavy atom. The van der Waals surface area contributed by atoms with Crippen LogP contribution in [0.25, 0.3) is 0 Å². The number of guanidine groups is 1. The zero-order valence-corrected chi connectivity index (χ0v) is 15.2. The van der Waals surface area contributed by atoms with Gasteiger partial charge in [0.2, 0.25) is 5.91 Å². The lowest BCUT2D eigenvalue weighted by molar-refractivity contribution is -0.124. The SMILES string of the molecule is CN=C(NCCN1C(=O)CNC1=O)NC1CCC(c2ccccc2)CC1. The van der Waals surface area contributed by atoms with Crippen LogP contribution in [0.5, 0.6) is 0 Å². The molecule has 1 saturated heterocycles. The number of rotatable bonds is 5. The summed E-state index contributed by atoms with van der Waals surface area (Å²) in [4.78, 5) is 28.6. The van der Waals surface area contributed by atoms with Gasteiger partial charge in [-0.1, -0.05) is 30.3 Å². The van der Waals surface area contributed by atoms with Crippen LogP contribution in [0.1, 0.15) is 37.2 Å². The first-order valence-corrected chi connectivity index (χ1v) is 9.27. The lowest BCUT2D eigenvalue weighted by Crippen LogP contribution is -2.47. The Balaban J connectivity index is 1.40. The maximum atomic E-state index is 11.6. The van der Waals surface area contributed by atoms with E-state index in [0.29, 0.717) is 25.0 Å². The highest BCUT2D eigenvalue weighted by Gasteiger charge is 2.28. The highest BCUT2D eigenvalue weighted by Crippen LogP contribution is 2.32. The number of nitrogens with zero attached hydrogens (tertiary/aromatic N) is 2. The number of imide groups is 1. The van der Waals surface area contributed by atoms with E-state index in [1.165, 1.54) is 23.3 Å². The van der Waals surface area contributed by atoms with Crippen molar-refractivity contribution in [3.63, 3.8) is 0 Å². The Hall–Kier alpha value is -2.57. The Labute approximate surface area is 154 Å². The molecule has 140 valence electrons. The van der Waals surface area contributed by atoms with Gasteiger partial charge in [0.1, 0.15) is 0 Å². The number of hydrogen-bond donors (Lipinski definition) is 3. The molecule has 0 aromatic heterocycles. The van der Waals surface area contributed by atoms with E-state index in [1.807, 2.05) is 0 Å². The predicted molar refractivity (Wildman–Crippen MR) is 101 cm³/mol. The average molecular weight is 357 g/mol. The minimum atomic E-state index is -0.320. The van der Waals surface area contributed by atoms with E-state index in [-0.39, 0.29) is 18.5 Å². The van der Waals surface area contributed by atoms with Crippen molar-refractivity contribution in [2.75, 3.05) is 26.7 Å². The maximum absolute atomic E-state index is 11.6. The van der Waals surface area contributed by atoms with Gasteiger partial charge >= 0.3 is 6.03 Å². The molecule has 1 aliphatic heterocycles. The molecule has 0 unspecified atom stereocenters. The van der Waals surface area contributed by atoms with Crippen LogP contribution in [-0.2, 0) is 4.79 Å². The number of hydrogen-bond acceptors (Lipinski definition) is 3. The van der Waals surface area contributed by atoms with Crippen LogP contribution in [-0.4, -0.2) is 55.5 Å². The topological polar surface area (TPSA) is 85.8 Å². The first kappa shape index (κ1) is 18.2. The van der Waals surface area contributed by atoms with Crippen molar-refractivity contribution in [1.82, 2.24) is 20.9 Å². The summed E-state index contributed by atoms with van der Waals surface area (Å²) in [5.41, 5.74) is 1.43. The fourth-order valence-corrected chi connectivity index (χ4v) is 3.65. The van der Waals surface area contributed by atoms with Gasteiger partial charge in [0.15, 0.2) is 5.96 Å². The lowest BCUT2D eigenvalue weighted by atomic mass is 9.82. The molecule has 1 aromatic carbocycles. The Bertz CT molecular complexity index is 637. The summed E-state index contributed by atoms with van der Waals surface area (Å²) in [7, 11) is 1.73. The van der Waals surface area contributed by atoms with Crippen LogP contribution in [0.3, 0.4) is 0 Å². The minimum Gasteiger partial charge on any atom is -0.355 e. The second-order valence-corrected chi connectivity index (χ2v) is 6.81. The van der Waals surface area contributed by atoms with Gasteiger partial charge < -0.3 is 16.0 Å². The third kappa shape index (κ3) is 4.53. The maximum Gasteiger partial charge on any atom is 0.324 e. The fourth-order valence-electron chi connectivity index (χ4n) is 3.65. The zero-order chi connectivity index (χ0) is 18.4. The molecule has 3 rings (SSSR count). The number of carbonyl (C=O) groups excluding carboxylic acids is 2. The van der Waals surface area contributed by atoms with Crippen LogP contribution >= 0.6 is 0 Å². The second kappa shape index (κ2) is 8.69. The van der Waals surface area contributed by atoms with E-state index in [9.17, 15) is 9.59 Å². The summed E-state index contributed by atoms with van der Waals surface area (Å²) in [5.74, 6) is 1.18. The van der Waals surface area contributed by atoms with Crippen LogP contribution in [0.15, 0.2) is 35.3 Å². The molecule has 0 radical (unpaired) electrons. The van der Waals surface area contributed by atoms with Gasteiger partial charge in [-0.25, -0.2) is 4.79 Å². The third-order valence-corrected chi connectivity index (χ3v) is 5.13. The number of urea groups is 1. The predicted octanol–water partition coefficient (Wildman–Crippen LogP) is 1.43. The van der Waals surface area contributed by atoms with Crippen molar-refractivity contribution in [2.45, 2.75) is 37.6 Å². The summed E-state index contributed by atoms with van der Waals surface area (Å²) >= 11 is 0. The van der Waals surface area contributed by atoms with E-state index in [1.54, 1.807) is 7.05 Å². The van der Waals surface area contributed by atoms with Gasteiger partial charge in [0.25, 0.3) is 0 Å². The zero-order valence-electron chi connectivity index (χ0n) is 15.2. The number of carbonyl (C=O) groups is 2. The van der Waals surface area contributed by atoms with Crippen LogP contribution in [0, 0.1) is 0 Å². The molecule has 0 bridgehead atoms. The standard InChI is InChI=1S/C19H27N5O2/c1-20-18(21-11-12-24-17(25)13-22-19(24)26)23-16-9-7-15(8-10-16)14-5-3-2-4-6-14/h2-6,15-16H,7-13H2,1H3,(H,22,26)(H2,20,21,23). The Morgan fingerprint density at radius 2 is 1.92 bits per heavy atom. The highest BCUT2D eigenvalue weighted by molar-refractivity contribution is 6.01. The van der Waals surface area contributed by atoms with Gasteiger partial charge in [-0.05, 0) is 37.2 Å². The third-order valence-electron chi connectivity index (χ3n) is 5.13. The molecular formula is C19H27N5O2. The molecule has 1 aromatic rings. The van der Waals surface area contributed by atoms with E-state index >= 15 is 0 Å². The highest BCUT2D eigenvalue weighted by atomic mass is 16.2. The summed E-state index contributed by atoms with van der Waals surface area (Å²) in [5, 5.41) is 9.17. The molecule has 7 heteroatoms. The minimum absolute atomic E-state index is 0.0937. The summed E-state index contributed by atoms with van der Waals surface area (Å²) in [6, 6.07) is 10.8. The molecule has 7 nitrogen and oxygen atoms in total. The molecule has 2 aliphatic rings. The molecule has 1 heterocycles. The molecule has 0 atom stereocenters. The smallest absolute Gasteiger partial charge is 0.324 e. The first-order valence-electron chi connectivity index (χ1n) is 9.27. The van der Waals surface area contributed by atoms with Gasteiger partial charge in [0, 0.05) is 26.2 Å². The molecule has 2 fully saturated rings. The Kier molecular flexibility index (Phi) is 6.09. The van der Waals surface area contributed by atoms with Crippen molar-refractivity contribution in [3.05, 3.63) is 35.9 Å². The van der Waals surface area contributed by atoms with Crippen LogP contribution in [0.2, 0.25) is 0 Å². The van der Waals surface area contributed by atoms with E-state index in [0.717, 1.165) is 18.8 Å². The summed E-state index contributed by atoms with van der Waals surface area (Å²) in [6.45, 7) is 0.917. The molecule has 0 spiro atoms. The number of benzene rings is 1. The number of amides is 3. The fraction of sp³-hybridized carbons (Fsp3) is 0.526. The molecule has 26 heavy (non-hydrogen) atoms. The van der Waals surface area contributed by atoms with E-state index in [2.05, 4.69) is 51.3 Å². The molecule has 3 N–H and O–H groups in total. The lowest BCUT2D eigenvalue weighted by Gasteiger charge is -2.30. The monoisotopic (exact) mass is 357 g/mol. The van der Waals surface area contributed by atoms with E-state index < -0.39 is 0 Å². The molecule has 1 aliphatic carbocycles. The Morgan fingerprint density at radius 1 is 1.19 bits per heavy atom. The van der Waals surface area contributed by atoms with Crippen molar-refractivity contribution < 1.29 is 9.59 Å². The molecular weight excluding hydrogens is 330 g/mol.